The monoisotopic (exact) mass is 293 g/mol. The van der Waals surface area contributed by atoms with E-state index >= 15 is 0 Å². The Morgan fingerprint density at radius 3 is 2.38 bits per heavy atom. The van der Waals surface area contributed by atoms with E-state index in [4.69, 9.17) is 5.84 Å². The predicted molar refractivity (Wildman–Crippen MR) is 86.2 cm³/mol. The van der Waals surface area contributed by atoms with Gasteiger partial charge in [-0.05, 0) is 25.2 Å². The van der Waals surface area contributed by atoms with Gasteiger partial charge in [0.15, 0.2) is 0 Å². The largest absolute Gasteiger partial charge is 0.351 e. The molecule has 0 radical (unpaired) electrons. The summed E-state index contributed by atoms with van der Waals surface area (Å²) < 4.78 is 0. The normalized spacial score (nSPS) is 17.3. The highest BCUT2D eigenvalue weighted by molar-refractivity contribution is 5.42. The van der Waals surface area contributed by atoms with Crippen LogP contribution < -0.4 is 21.5 Å². The van der Waals surface area contributed by atoms with E-state index in [2.05, 4.69) is 32.6 Å². The summed E-state index contributed by atoms with van der Waals surface area (Å²) in [6, 6.07) is 0.410. The van der Waals surface area contributed by atoms with Crippen LogP contribution in [0.2, 0.25) is 0 Å². The van der Waals surface area contributed by atoms with Crippen molar-refractivity contribution in [3.8, 4) is 0 Å². The molecule has 118 valence electrons. The highest BCUT2D eigenvalue weighted by atomic mass is 15.4. The molecule has 0 aromatic carbocycles. The van der Waals surface area contributed by atoms with Crippen molar-refractivity contribution in [2.75, 3.05) is 29.7 Å². The molecule has 1 heterocycles. The third-order valence-corrected chi connectivity index (χ3v) is 4.13. The fourth-order valence-corrected chi connectivity index (χ4v) is 2.95. The molecule has 21 heavy (non-hydrogen) atoms. The Hall–Kier alpha value is -1.63. The Balaban J connectivity index is 2.13. The van der Waals surface area contributed by atoms with Gasteiger partial charge in [0, 0.05) is 20.1 Å². The van der Waals surface area contributed by atoms with E-state index in [9.17, 15) is 0 Å². The van der Waals surface area contributed by atoms with Crippen LogP contribution in [-0.2, 0) is 0 Å². The van der Waals surface area contributed by atoms with Gasteiger partial charge in [-0.15, -0.1) is 0 Å². The number of nitrogens with zero attached hydrogens (tertiary/aromatic N) is 4. The smallest absolute Gasteiger partial charge is 0.243 e. The zero-order valence-corrected chi connectivity index (χ0v) is 13.3. The molecule has 7 nitrogen and oxygen atoms in total. The second-order valence-electron chi connectivity index (χ2n) is 5.88. The summed E-state index contributed by atoms with van der Waals surface area (Å²) in [7, 11) is 3.80. The molecule has 1 atom stereocenters. The van der Waals surface area contributed by atoms with E-state index in [1.54, 1.807) is 0 Å². The van der Waals surface area contributed by atoms with E-state index in [1.807, 2.05) is 19.0 Å². The van der Waals surface area contributed by atoms with Crippen LogP contribution in [0.5, 0.6) is 0 Å². The van der Waals surface area contributed by atoms with Crippen LogP contribution in [0.3, 0.4) is 0 Å². The molecule has 1 aliphatic carbocycles. The number of anilines is 3. The Bertz CT molecular complexity index is 443. The maximum absolute atomic E-state index is 5.44. The second kappa shape index (κ2) is 7.40. The molecule has 1 fully saturated rings. The molecule has 4 N–H and O–H groups in total. The summed E-state index contributed by atoms with van der Waals surface area (Å²) >= 11 is 0. The van der Waals surface area contributed by atoms with Crippen molar-refractivity contribution < 1.29 is 0 Å². The molecule has 1 aromatic heterocycles. The predicted octanol–water partition coefficient (Wildman–Crippen LogP) is 1.99. The first kappa shape index (κ1) is 15.8. The standard InChI is InChI=1S/C14H27N7/c1-4-11(10-8-6-5-7-9-10)16-12-17-13(20-15)19-14(18-12)21(2)3/h10-11H,4-9,15H2,1-3H3,(H2,16,17,18,19,20). The summed E-state index contributed by atoms with van der Waals surface area (Å²) in [5.41, 5.74) is 2.50. The van der Waals surface area contributed by atoms with Crippen molar-refractivity contribution in [3.63, 3.8) is 0 Å². The third kappa shape index (κ3) is 4.17. The Kier molecular flexibility index (Phi) is 5.55. The Morgan fingerprint density at radius 2 is 1.81 bits per heavy atom. The summed E-state index contributed by atoms with van der Waals surface area (Å²) in [6.45, 7) is 2.21. The average molecular weight is 293 g/mol. The molecule has 0 spiro atoms. The van der Waals surface area contributed by atoms with Gasteiger partial charge in [-0.3, -0.25) is 5.43 Å². The van der Waals surface area contributed by atoms with Crippen molar-refractivity contribution in [3.05, 3.63) is 0 Å². The minimum absolute atomic E-state index is 0.384. The first-order valence-corrected chi connectivity index (χ1v) is 7.80. The molecule has 0 aliphatic heterocycles. The molecular weight excluding hydrogens is 266 g/mol. The number of hydrazine groups is 1. The first-order chi connectivity index (χ1) is 10.1. The summed E-state index contributed by atoms with van der Waals surface area (Å²) in [6.07, 6.45) is 7.68. The van der Waals surface area contributed by atoms with Gasteiger partial charge in [0.05, 0.1) is 0 Å². The number of hydrogen-bond donors (Lipinski definition) is 3. The lowest BCUT2D eigenvalue weighted by Crippen LogP contribution is -2.31. The number of hydrogen-bond acceptors (Lipinski definition) is 7. The highest BCUT2D eigenvalue weighted by Crippen LogP contribution is 2.29. The lowest BCUT2D eigenvalue weighted by Gasteiger charge is -2.30. The molecule has 1 aliphatic rings. The number of nitrogens with one attached hydrogen (secondary N) is 2. The van der Waals surface area contributed by atoms with Crippen molar-refractivity contribution in [2.45, 2.75) is 51.5 Å². The lowest BCUT2D eigenvalue weighted by molar-refractivity contribution is 0.312. The molecule has 1 unspecified atom stereocenters. The molecule has 0 saturated heterocycles. The Morgan fingerprint density at radius 1 is 1.14 bits per heavy atom. The fraction of sp³-hybridized carbons (Fsp3) is 0.786. The maximum Gasteiger partial charge on any atom is 0.243 e. The quantitative estimate of drug-likeness (QED) is 0.545. The van der Waals surface area contributed by atoms with Crippen LogP contribution in [-0.4, -0.2) is 35.1 Å². The highest BCUT2D eigenvalue weighted by Gasteiger charge is 2.23. The molecule has 2 rings (SSSR count). The number of rotatable bonds is 6. The first-order valence-electron chi connectivity index (χ1n) is 7.80. The van der Waals surface area contributed by atoms with Gasteiger partial charge in [-0.25, -0.2) is 5.84 Å². The zero-order chi connectivity index (χ0) is 15.2. The molecule has 7 heteroatoms. The minimum Gasteiger partial charge on any atom is -0.351 e. The fourth-order valence-electron chi connectivity index (χ4n) is 2.95. The van der Waals surface area contributed by atoms with E-state index in [0.717, 1.165) is 6.42 Å². The van der Waals surface area contributed by atoms with Crippen molar-refractivity contribution >= 4 is 17.8 Å². The van der Waals surface area contributed by atoms with Crippen molar-refractivity contribution in [1.82, 2.24) is 15.0 Å². The van der Waals surface area contributed by atoms with E-state index in [0.29, 0.717) is 29.8 Å². The molecular formula is C14H27N7. The van der Waals surface area contributed by atoms with Crippen LogP contribution in [0.4, 0.5) is 17.8 Å². The van der Waals surface area contributed by atoms with Crippen LogP contribution in [0.15, 0.2) is 0 Å². The van der Waals surface area contributed by atoms with Crippen LogP contribution in [0.25, 0.3) is 0 Å². The third-order valence-electron chi connectivity index (χ3n) is 4.13. The lowest BCUT2D eigenvalue weighted by atomic mass is 9.83. The second-order valence-corrected chi connectivity index (χ2v) is 5.88. The molecule has 0 amide bonds. The molecule has 1 aromatic rings. The van der Waals surface area contributed by atoms with E-state index in [1.165, 1.54) is 32.1 Å². The van der Waals surface area contributed by atoms with E-state index < -0.39 is 0 Å². The summed E-state index contributed by atoms with van der Waals surface area (Å²) in [4.78, 5) is 14.8. The van der Waals surface area contributed by atoms with Crippen LogP contribution in [0, 0.1) is 5.92 Å². The zero-order valence-electron chi connectivity index (χ0n) is 13.3. The molecule has 1 saturated carbocycles. The maximum atomic E-state index is 5.44. The van der Waals surface area contributed by atoms with Gasteiger partial charge in [0.25, 0.3) is 0 Å². The van der Waals surface area contributed by atoms with Gasteiger partial charge in [0.2, 0.25) is 17.8 Å². The average Bonchev–Trinajstić information content (AvgIpc) is 2.53. The van der Waals surface area contributed by atoms with Gasteiger partial charge >= 0.3 is 0 Å². The minimum atomic E-state index is 0.384. The number of nitrogens with two attached hydrogens (primary N) is 1. The topological polar surface area (TPSA) is 92.0 Å². The summed E-state index contributed by atoms with van der Waals surface area (Å²) in [5, 5.41) is 3.48. The van der Waals surface area contributed by atoms with Gasteiger partial charge < -0.3 is 10.2 Å². The summed E-state index contributed by atoms with van der Waals surface area (Å²) in [5.74, 6) is 7.73. The van der Waals surface area contributed by atoms with E-state index in [-0.39, 0.29) is 0 Å². The SMILES string of the molecule is CCC(Nc1nc(NN)nc(N(C)C)n1)C1CCCCC1. The van der Waals surface area contributed by atoms with Crippen molar-refractivity contribution in [1.29, 1.82) is 0 Å². The van der Waals surface area contributed by atoms with Crippen molar-refractivity contribution in [2.24, 2.45) is 11.8 Å². The van der Waals surface area contributed by atoms with Crippen LogP contribution in [0.1, 0.15) is 45.4 Å². The van der Waals surface area contributed by atoms with Gasteiger partial charge in [0.1, 0.15) is 0 Å². The van der Waals surface area contributed by atoms with Gasteiger partial charge in [-0.1, -0.05) is 26.2 Å². The molecule has 0 bridgehead atoms. The van der Waals surface area contributed by atoms with Crippen LogP contribution >= 0.6 is 0 Å². The number of aromatic nitrogens is 3. The van der Waals surface area contributed by atoms with Gasteiger partial charge in [-0.2, -0.15) is 15.0 Å². The Labute approximate surface area is 126 Å². The number of nitrogen functional groups attached to an aromatic ring is 1.